The van der Waals surface area contributed by atoms with E-state index in [2.05, 4.69) is 17.3 Å². The van der Waals surface area contributed by atoms with Gasteiger partial charge in [0.1, 0.15) is 6.61 Å². The molecule has 3 rings (SSSR count). The van der Waals surface area contributed by atoms with Gasteiger partial charge in [0.25, 0.3) is 0 Å². The molecule has 28 heavy (non-hydrogen) atoms. The molecule has 0 aliphatic carbocycles. The summed E-state index contributed by atoms with van der Waals surface area (Å²) in [5, 5.41) is 4.18. The molecule has 0 saturated carbocycles. The second kappa shape index (κ2) is 9.14. The molecule has 0 aromatic heterocycles. The number of nitrogens with one attached hydrogen (secondary N) is 1. The first kappa shape index (κ1) is 20.9. The Morgan fingerprint density at radius 1 is 1.25 bits per heavy atom. The number of rotatable bonds is 5. The number of para-hydroxylation sites is 1. The molecule has 0 bridgehead atoms. The summed E-state index contributed by atoms with van der Waals surface area (Å²) in [4.78, 5) is 16.4. The number of hydrogen-bond acceptors (Lipinski definition) is 4. The summed E-state index contributed by atoms with van der Waals surface area (Å²) >= 11 is 12.8. The highest BCUT2D eigenvalue weighted by molar-refractivity contribution is 6.35. The maximum Gasteiger partial charge on any atom is 0.411 e. The molecule has 1 aliphatic heterocycles. The first-order valence-electron chi connectivity index (χ1n) is 9.19. The van der Waals surface area contributed by atoms with Gasteiger partial charge >= 0.3 is 6.09 Å². The van der Waals surface area contributed by atoms with E-state index >= 15 is 0 Å². The smallest absolute Gasteiger partial charge is 0.411 e. The van der Waals surface area contributed by atoms with Crippen LogP contribution in [-0.2, 0) is 11.3 Å². The van der Waals surface area contributed by atoms with Crippen molar-refractivity contribution in [2.75, 3.05) is 46.2 Å². The average molecular weight is 422 g/mol. The molecule has 1 heterocycles. The Labute approximate surface area is 176 Å². The largest absolute Gasteiger partial charge is 0.448 e. The van der Waals surface area contributed by atoms with Gasteiger partial charge in [-0.05, 0) is 56.0 Å². The quantitative estimate of drug-likeness (QED) is 0.760. The molecule has 1 atom stereocenters. The van der Waals surface area contributed by atoms with E-state index in [1.165, 1.54) is 0 Å². The molecule has 0 fully saturated rings. The molecule has 5 nitrogen and oxygen atoms in total. The van der Waals surface area contributed by atoms with Crippen LogP contribution in [0.2, 0.25) is 10.0 Å². The van der Waals surface area contributed by atoms with Crippen LogP contribution < -0.4 is 5.32 Å². The molecular formula is C21H25Cl2N3O2. The number of halogens is 2. The Hall–Kier alpha value is -1.79. The monoisotopic (exact) mass is 421 g/mol. The van der Waals surface area contributed by atoms with Gasteiger partial charge in [-0.2, -0.15) is 0 Å². The number of amides is 1. The Morgan fingerprint density at radius 2 is 2.00 bits per heavy atom. The number of benzene rings is 2. The first-order valence-corrected chi connectivity index (χ1v) is 9.94. The number of carbonyl (C=O) groups excluding carboxylic acids is 1. The Balaban J connectivity index is 1.88. The maximum absolute atomic E-state index is 12.2. The molecule has 2 aromatic carbocycles. The van der Waals surface area contributed by atoms with Crippen LogP contribution in [0.15, 0.2) is 36.4 Å². The Morgan fingerprint density at radius 3 is 2.75 bits per heavy atom. The minimum Gasteiger partial charge on any atom is -0.448 e. The van der Waals surface area contributed by atoms with Gasteiger partial charge in [-0.3, -0.25) is 5.32 Å². The number of hydrogen-bond donors (Lipinski definition) is 1. The van der Waals surface area contributed by atoms with Gasteiger partial charge in [0, 0.05) is 41.3 Å². The van der Waals surface area contributed by atoms with Crippen LogP contribution in [0.3, 0.4) is 0 Å². The zero-order chi connectivity index (χ0) is 20.3. The number of fused-ring (bicyclic) bond motifs is 1. The fourth-order valence-corrected chi connectivity index (χ4v) is 4.06. The average Bonchev–Trinajstić information content (AvgIpc) is 2.62. The van der Waals surface area contributed by atoms with Crippen molar-refractivity contribution in [1.29, 1.82) is 0 Å². The first-order chi connectivity index (χ1) is 13.3. The molecule has 2 aromatic rings. The van der Waals surface area contributed by atoms with Gasteiger partial charge in [0.2, 0.25) is 0 Å². The highest BCUT2D eigenvalue weighted by Gasteiger charge is 2.28. The van der Waals surface area contributed by atoms with Crippen LogP contribution in [0.5, 0.6) is 0 Å². The fourth-order valence-electron chi connectivity index (χ4n) is 3.49. The third-order valence-electron chi connectivity index (χ3n) is 4.84. The highest BCUT2D eigenvalue weighted by Crippen LogP contribution is 2.40. The second-order valence-corrected chi connectivity index (χ2v) is 8.20. The molecule has 7 heteroatoms. The van der Waals surface area contributed by atoms with Crippen molar-refractivity contribution in [3.05, 3.63) is 63.1 Å². The van der Waals surface area contributed by atoms with E-state index in [1.807, 2.05) is 49.3 Å². The Kier molecular flexibility index (Phi) is 6.83. The third-order valence-corrected chi connectivity index (χ3v) is 5.39. The Bertz CT molecular complexity index is 858. The predicted molar refractivity (Wildman–Crippen MR) is 115 cm³/mol. The minimum atomic E-state index is -0.456. The minimum absolute atomic E-state index is 0.0447. The highest BCUT2D eigenvalue weighted by atomic mass is 35.5. The summed E-state index contributed by atoms with van der Waals surface area (Å²) in [7, 11) is 5.93. The van der Waals surface area contributed by atoms with Crippen LogP contribution >= 0.6 is 23.2 Å². The molecular weight excluding hydrogens is 397 g/mol. The number of carbonyl (C=O) groups is 1. The SMILES string of the molecule is CN(C)CCOC(=O)Nc1ccccc1C1CN(C)Cc2c(Cl)cc(Cl)cc21. The van der Waals surface area contributed by atoms with Crippen molar-refractivity contribution >= 4 is 35.0 Å². The molecule has 0 spiro atoms. The fraction of sp³-hybridized carbons (Fsp3) is 0.381. The van der Waals surface area contributed by atoms with Crippen LogP contribution in [0.1, 0.15) is 22.6 Å². The maximum atomic E-state index is 12.2. The van der Waals surface area contributed by atoms with E-state index in [1.54, 1.807) is 6.07 Å². The molecule has 1 N–H and O–H groups in total. The van der Waals surface area contributed by atoms with Gasteiger partial charge in [-0.25, -0.2) is 4.79 Å². The van der Waals surface area contributed by atoms with Crippen LogP contribution in [0, 0.1) is 0 Å². The van der Waals surface area contributed by atoms with Crippen molar-refractivity contribution in [2.24, 2.45) is 0 Å². The van der Waals surface area contributed by atoms with Crippen LogP contribution in [0.25, 0.3) is 0 Å². The van der Waals surface area contributed by atoms with E-state index in [0.717, 1.165) is 35.5 Å². The lowest BCUT2D eigenvalue weighted by atomic mass is 9.84. The number of ether oxygens (including phenoxy) is 1. The van der Waals surface area contributed by atoms with E-state index in [9.17, 15) is 4.79 Å². The number of likely N-dealkylation sites (N-methyl/N-ethyl adjacent to an activating group) is 2. The topological polar surface area (TPSA) is 44.8 Å². The van der Waals surface area contributed by atoms with Gasteiger partial charge in [0.05, 0.1) is 0 Å². The van der Waals surface area contributed by atoms with Crippen molar-refractivity contribution in [3.8, 4) is 0 Å². The normalized spacial score (nSPS) is 16.7. The van der Waals surface area contributed by atoms with Crippen LogP contribution in [-0.4, -0.2) is 56.7 Å². The lowest BCUT2D eigenvalue weighted by Crippen LogP contribution is -2.32. The zero-order valence-electron chi connectivity index (χ0n) is 16.3. The summed E-state index contributed by atoms with van der Waals surface area (Å²) in [6.07, 6.45) is -0.456. The summed E-state index contributed by atoms with van der Waals surface area (Å²) in [5.41, 5.74) is 3.93. The molecule has 1 unspecified atom stereocenters. The van der Waals surface area contributed by atoms with Crippen LogP contribution in [0.4, 0.5) is 10.5 Å². The van der Waals surface area contributed by atoms with Gasteiger partial charge < -0.3 is 14.5 Å². The zero-order valence-corrected chi connectivity index (χ0v) is 17.8. The summed E-state index contributed by atoms with van der Waals surface area (Å²) in [6.45, 7) is 2.58. The summed E-state index contributed by atoms with van der Waals surface area (Å²) in [6, 6.07) is 11.5. The van der Waals surface area contributed by atoms with Crippen molar-refractivity contribution in [2.45, 2.75) is 12.5 Å². The lowest BCUT2D eigenvalue weighted by Gasteiger charge is -2.34. The molecule has 150 valence electrons. The van der Waals surface area contributed by atoms with Gasteiger partial charge in [-0.15, -0.1) is 0 Å². The third kappa shape index (κ3) is 4.97. The van der Waals surface area contributed by atoms with Gasteiger partial charge in [-0.1, -0.05) is 41.4 Å². The molecule has 0 saturated heterocycles. The summed E-state index contributed by atoms with van der Waals surface area (Å²) in [5.74, 6) is 0.0447. The second-order valence-electron chi connectivity index (χ2n) is 7.36. The van der Waals surface area contributed by atoms with E-state index in [-0.39, 0.29) is 5.92 Å². The van der Waals surface area contributed by atoms with E-state index < -0.39 is 6.09 Å². The summed E-state index contributed by atoms with van der Waals surface area (Å²) < 4.78 is 5.28. The standard InChI is InChI=1S/C21H25Cl2N3O2/c1-25(2)8-9-28-21(27)24-20-7-5-4-6-15(20)17-12-26(3)13-18-16(17)10-14(22)11-19(18)23/h4-7,10-11,17H,8-9,12-13H2,1-3H3,(H,24,27). The van der Waals surface area contributed by atoms with Crippen molar-refractivity contribution in [1.82, 2.24) is 9.80 Å². The molecule has 1 aliphatic rings. The molecule has 1 amide bonds. The lowest BCUT2D eigenvalue weighted by molar-refractivity contribution is 0.151. The van der Waals surface area contributed by atoms with E-state index in [4.69, 9.17) is 27.9 Å². The number of anilines is 1. The van der Waals surface area contributed by atoms with Crippen molar-refractivity contribution in [3.63, 3.8) is 0 Å². The van der Waals surface area contributed by atoms with Gasteiger partial charge in [0.15, 0.2) is 0 Å². The predicted octanol–water partition coefficient (Wildman–Crippen LogP) is 4.68. The van der Waals surface area contributed by atoms with E-state index in [0.29, 0.717) is 23.2 Å². The number of nitrogens with zero attached hydrogens (tertiary/aromatic N) is 2. The van der Waals surface area contributed by atoms with Crippen molar-refractivity contribution < 1.29 is 9.53 Å². The molecule has 0 radical (unpaired) electrons.